The van der Waals surface area contributed by atoms with Crippen molar-refractivity contribution < 1.29 is 14.3 Å². The molecule has 5 heteroatoms. The zero-order valence-electron chi connectivity index (χ0n) is 20.2. The van der Waals surface area contributed by atoms with Crippen LogP contribution in [0.1, 0.15) is 38.5 Å². The molecule has 0 aliphatic rings. The number of esters is 1. The van der Waals surface area contributed by atoms with Crippen LogP contribution in [-0.2, 0) is 9.53 Å². The molecule has 0 spiro atoms. The molecule has 4 aromatic rings. The van der Waals surface area contributed by atoms with Crippen LogP contribution in [0.2, 0.25) is 0 Å². The van der Waals surface area contributed by atoms with Gasteiger partial charge >= 0.3 is 12.0 Å². The first-order valence-electron chi connectivity index (χ1n) is 12.3. The van der Waals surface area contributed by atoms with E-state index in [1.807, 2.05) is 54.6 Å². The number of nitrogens with zero attached hydrogens (tertiary/aromatic N) is 2. The van der Waals surface area contributed by atoms with Crippen LogP contribution >= 0.6 is 0 Å². The molecule has 0 aliphatic heterocycles. The van der Waals surface area contributed by atoms with E-state index in [-0.39, 0.29) is 5.97 Å². The second-order valence-electron chi connectivity index (χ2n) is 8.44. The third-order valence-electron chi connectivity index (χ3n) is 5.94. The van der Waals surface area contributed by atoms with Gasteiger partial charge in [-0.15, -0.1) is 0 Å². The molecular formula is C30H32N2O3. The summed E-state index contributed by atoms with van der Waals surface area (Å²) in [6.45, 7) is 0.587. The molecule has 1 aromatic heterocycles. The largest absolute Gasteiger partial charge is 0.469 e. The van der Waals surface area contributed by atoms with Gasteiger partial charge in [-0.2, -0.15) is 4.98 Å². The van der Waals surface area contributed by atoms with Crippen molar-refractivity contribution in [2.24, 2.45) is 0 Å². The van der Waals surface area contributed by atoms with E-state index in [4.69, 9.17) is 14.5 Å². The summed E-state index contributed by atoms with van der Waals surface area (Å²) < 4.78 is 13.1. The van der Waals surface area contributed by atoms with Crippen LogP contribution in [-0.4, -0.2) is 29.2 Å². The highest BCUT2D eigenvalue weighted by Gasteiger charge is 2.22. The minimum atomic E-state index is -0.135. The van der Waals surface area contributed by atoms with Crippen molar-refractivity contribution in [3.05, 3.63) is 91.0 Å². The molecule has 1 heterocycles. The van der Waals surface area contributed by atoms with E-state index in [9.17, 15) is 4.79 Å². The van der Waals surface area contributed by atoms with Crippen LogP contribution in [0.15, 0.2) is 91.0 Å². The summed E-state index contributed by atoms with van der Waals surface area (Å²) in [5.74, 6) is -0.135. The highest BCUT2D eigenvalue weighted by Crippen LogP contribution is 2.37. The Hall–Kier alpha value is -3.86. The molecule has 180 valence electrons. The zero-order valence-corrected chi connectivity index (χ0v) is 20.2. The van der Waals surface area contributed by atoms with Crippen molar-refractivity contribution in [3.63, 3.8) is 0 Å². The van der Waals surface area contributed by atoms with Crippen LogP contribution in [0, 0.1) is 0 Å². The van der Waals surface area contributed by atoms with Gasteiger partial charge in [-0.3, -0.25) is 9.36 Å². The average Bonchev–Trinajstić information content (AvgIpc) is 3.31. The maximum atomic E-state index is 11.2. The Bertz CT molecular complexity index is 1190. The molecule has 3 aromatic carbocycles. The second kappa shape index (κ2) is 12.6. The number of benzene rings is 3. The number of imidazole rings is 1. The molecule has 0 saturated carbocycles. The minimum Gasteiger partial charge on any atom is -0.469 e. The number of para-hydroxylation sites is 1. The Morgan fingerprint density at radius 3 is 1.97 bits per heavy atom. The van der Waals surface area contributed by atoms with E-state index in [2.05, 4.69) is 41.0 Å². The predicted octanol–water partition coefficient (Wildman–Crippen LogP) is 7.10. The summed E-state index contributed by atoms with van der Waals surface area (Å²) in [4.78, 5) is 16.2. The maximum Gasteiger partial charge on any atom is 0.305 e. The number of aromatic nitrogens is 2. The Morgan fingerprint density at radius 1 is 0.743 bits per heavy atom. The van der Waals surface area contributed by atoms with Gasteiger partial charge in [-0.1, -0.05) is 98.1 Å². The first-order chi connectivity index (χ1) is 17.3. The molecule has 0 N–H and O–H groups in total. The number of unbranched alkanes of at least 4 members (excludes halogenated alkanes) is 4. The van der Waals surface area contributed by atoms with E-state index in [1.165, 1.54) is 7.11 Å². The van der Waals surface area contributed by atoms with Crippen molar-refractivity contribution in [1.29, 1.82) is 0 Å². The number of hydrogen-bond donors (Lipinski definition) is 0. The van der Waals surface area contributed by atoms with Crippen molar-refractivity contribution in [3.8, 4) is 34.2 Å². The van der Waals surface area contributed by atoms with Gasteiger partial charge in [0.2, 0.25) is 0 Å². The molecular weight excluding hydrogens is 436 g/mol. The van der Waals surface area contributed by atoms with Crippen molar-refractivity contribution in [2.75, 3.05) is 13.7 Å². The third kappa shape index (κ3) is 6.38. The highest BCUT2D eigenvalue weighted by molar-refractivity contribution is 5.81. The van der Waals surface area contributed by atoms with E-state index in [0.29, 0.717) is 19.0 Å². The molecule has 0 atom stereocenters. The summed E-state index contributed by atoms with van der Waals surface area (Å²) >= 11 is 0. The lowest BCUT2D eigenvalue weighted by atomic mass is 10.0. The standard InChI is InChI=1S/C30H32N2O3/c1-34-27(33)22-14-3-2-4-15-23-35-30-31-28(24-16-8-5-9-17-24)29(25-18-10-6-11-19-25)32(30)26-20-12-7-13-21-26/h5-13,16-21H,2-4,14-15,22-23H2,1H3. The normalized spacial score (nSPS) is 10.8. The van der Waals surface area contributed by atoms with Crippen LogP contribution in [0.25, 0.3) is 28.2 Å². The molecule has 35 heavy (non-hydrogen) atoms. The lowest BCUT2D eigenvalue weighted by molar-refractivity contribution is -0.140. The Morgan fingerprint density at radius 2 is 1.31 bits per heavy atom. The molecule has 0 radical (unpaired) electrons. The molecule has 4 rings (SSSR count). The highest BCUT2D eigenvalue weighted by atomic mass is 16.5. The Kier molecular flexibility index (Phi) is 8.71. The number of rotatable bonds is 12. The third-order valence-corrected chi connectivity index (χ3v) is 5.94. The number of hydrogen-bond acceptors (Lipinski definition) is 4. The summed E-state index contributed by atoms with van der Waals surface area (Å²) in [5, 5.41) is 0. The molecule has 0 fully saturated rings. The summed E-state index contributed by atoms with van der Waals surface area (Å²) in [6, 6.07) is 31.4. The molecule has 0 saturated heterocycles. The van der Waals surface area contributed by atoms with Crippen LogP contribution in [0.3, 0.4) is 0 Å². The van der Waals surface area contributed by atoms with E-state index < -0.39 is 0 Å². The molecule has 5 nitrogen and oxygen atoms in total. The first kappa shape index (κ1) is 24.3. The summed E-state index contributed by atoms with van der Waals surface area (Å²) in [7, 11) is 1.44. The van der Waals surface area contributed by atoms with E-state index in [1.54, 1.807) is 0 Å². The van der Waals surface area contributed by atoms with Crippen LogP contribution in [0.5, 0.6) is 6.01 Å². The van der Waals surface area contributed by atoms with Gasteiger partial charge < -0.3 is 9.47 Å². The lowest BCUT2D eigenvalue weighted by Crippen LogP contribution is -2.05. The monoisotopic (exact) mass is 468 g/mol. The molecule has 0 unspecified atom stereocenters. The van der Waals surface area contributed by atoms with Crippen LogP contribution < -0.4 is 4.74 Å². The number of carbonyl (C=O) groups is 1. The zero-order chi connectivity index (χ0) is 24.3. The fraction of sp³-hybridized carbons (Fsp3) is 0.267. The topological polar surface area (TPSA) is 53.4 Å². The Labute approximate surface area is 207 Å². The SMILES string of the molecule is COC(=O)CCCCCCCOc1nc(-c2ccccc2)c(-c2ccccc2)n1-c1ccccc1. The van der Waals surface area contributed by atoms with E-state index in [0.717, 1.165) is 60.3 Å². The first-order valence-corrected chi connectivity index (χ1v) is 12.3. The van der Waals surface area contributed by atoms with Gasteiger partial charge in [-0.05, 0) is 25.0 Å². The Balaban J connectivity index is 1.56. The van der Waals surface area contributed by atoms with E-state index >= 15 is 0 Å². The fourth-order valence-corrected chi connectivity index (χ4v) is 4.14. The quantitative estimate of drug-likeness (QED) is 0.164. The van der Waals surface area contributed by atoms with Crippen LogP contribution in [0.4, 0.5) is 0 Å². The van der Waals surface area contributed by atoms with Gasteiger partial charge in [0.05, 0.1) is 25.1 Å². The molecule has 0 amide bonds. The average molecular weight is 469 g/mol. The summed E-state index contributed by atoms with van der Waals surface area (Å²) in [5.41, 5.74) is 5.07. The maximum absolute atomic E-state index is 11.2. The lowest BCUT2D eigenvalue weighted by Gasteiger charge is -2.13. The minimum absolute atomic E-state index is 0.135. The molecule has 0 bridgehead atoms. The van der Waals surface area contributed by atoms with Gasteiger partial charge in [-0.25, -0.2) is 0 Å². The number of ether oxygens (including phenoxy) is 2. The number of methoxy groups -OCH3 is 1. The van der Waals surface area contributed by atoms with Gasteiger partial charge in [0.15, 0.2) is 0 Å². The van der Waals surface area contributed by atoms with Crippen molar-refractivity contribution in [2.45, 2.75) is 38.5 Å². The van der Waals surface area contributed by atoms with Crippen molar-refractivity contribution >= 4 is 5.97 Å². The van der Waals surface area contributed by atoms with Crippen molar-refractivity contribution in [1.82, 2.24) is 9.55 Å². The second-order valence-corrected chi connectivity index (χ2v) is 8.44. The fourth-order valence-electron chi connectivity index (χ4n) is 4.14. The van der Waals surface area contributed by atoms with Gasteiger partial charge in [0.25, 0.3) is 0 Å². The number of carbonyl (C=O) groups excluding carboxylic acids is 1. The molecule has 0 aliphatic carbocycles. The van der Waals surface area contributed by atoms with Gasteiger partial charge in [0, 0.05) is 17.5 Å². The van der Waals surface area contributed by atoms with Gasteiger partial charge in [0.1, 0.15) is 5.69 Å². The smallest absolute Gasteiger partial charge is 0.305 e. The summed E-state index contributed by atoms with van der Waals surface area (Å²) in [6.07, 6.45) is 5.42. The predicted molar refractivity (Wildman–Crippen MR) is 140 cm³/mol.